The molecule has 0 saturated carbocycles. The van der Waals surface area contributed by atoms with Gasteiger partial charge in [0.1, 0.15) is 36.0 Å². The van der Waals surface area contributed by atoms with E-state index in [2.05, 4.69) is 27.1 Å². The molecule has 0 aliphatic heterocycles. The Morgan fingerprint density at radius 2 is 1.86 bits per heavy atom. The third-order valence-corrected chi connectivity index (χ3v) is 5.33. The predicted octanol–water partition coefficient (Wildman–Crippen LogP) is 3.93. The SMILES string of the molecule is Cc1ccc(OCC#Cc2ccc(C(F)(F)C(CN(N)/C=N\N)(N=O)c3ccc(F)cc3F)nc2)cc1. The smallest absolute Gasteiger partial charge is 0.323 e. The van der Waals surface area contributed by atoms with Crippen molar-refractivity contribution in [1.82, 2.24) is 9.99 Å². The van der Waals surface area contributed by atoms with Gasteiger partial charge in [0.05, 0.1) is 6.54 Å². The van der Waals surface area contributed by atoms with E-state index in [1.807, 2.05) is 19.1 Å². The van der Waals surface area contributed by atoms with Gasteiger partial charge in [0, 0.05) is 23.4 Å². The highest BCUT2D eigenvalue weighted by molar-refractivity contribution is 5.54. The van der Waals surface area contributed by atoms with Crippen LogP contribution in [0.5, 0.6) is 5.75 Å². The molecule has 0 saturated heterocycles. The summed E-state index contributed by atoms with van der Waals surface area (Å²) in [4.78, 5) is 15.7. The van der Waals surface area contributed by atoms with E-state index in [0.717, 1.165) is 30.2 Å². The van der Waals surface area contributed by atoms with Crippen LogP contribution in [-0.2, 0) is 11.5 Å². The number of rotatable bonds is 9. The standard InChI is InChI=1S/C25H22F4N6O2/c1-17-4-8-20(9-5-17)37-12-2-3-18-6-11-23(32-14-18)25(28,29)24(34-36,15-35(31)16-33-30)21-10-7-19(26)13-22(21)27/h4-11,13-14,16H,12,15,30-31H2,1H3/b33-16-. The number of benzene rings is 2. The number of hydrazone groups is 1. The Morgan fingerprint density at radius 1 is 1.14 bits per heavy atom. The van der Waals surface area contributed by atoms with Crippen molar-refractivity contribution in [2.75, 3.05) is 13.2 Å². The van der Waals surface area contributed by atoms with Crippen LogP contribution in [0.1, 0.15) is 22.4 Å². The first-order valence-electron chi connectivity index (χ1n) is 10.7. The average Bonchev–Trinajstić information content (AvgIpc) is 2.87. The molecule has 0 radical (unpaired) electrons. The number of pyridine rings is 1. The third kappa shape index (κ3) is 6.02. The van der Waals surface area contributed by atoms with E-state index < -0.39 is 40.9 Å². The van der Waals surface area contributed by atoms with E-state index in [9.17, 15) is 13.7 Å². The molecule has 37 heavy (non-hydrogen) atoms. The quantitative estimate of drug-likeness (QED) is 0.0850. The number of nitroso groups, excluding NO2 is 1. The lowest BCUT2D eigenvalue weighted by atomic mass is 9.81. The van der Waals surface area contributed by atoms with Crippen LogP contribution in [0.2, 0.25) is 0 Å². The number of alkyl halides is 2. The number of aryl methyl sites for hydroxylation is 1. The molecule has 3 rings (SSSR count). The maximum absolute atomic E-state index is 15.9. The second kappa shape index (κ2) is 11.5. The summed E-state index contributed by atoms with van der Waals surface area (Å²) in [6.07, 6.45) is 1.79. The zero-order valence-electron chi connectivity index (χ0n) is 19.5. The van der Waals surface area contributed by atoms with Crippen LogP contribution in [0, 0.1) is 35.3 Å². The van der Waals surface area contributed by atoms with Crippen LogP contribution in [0.4, 0.5) is 17.6 Å². The van der Waals surface area contributed by atoms with Crippen LogP contribution < -0.4 is 16.4 Å². The summed E-state index contributed by atoms with van der Waals surface area (Å²) in [6.45, 7) is 0.917. The first-order valence-corrected chi connectivity index (χ1v) is 10.7. The van der Waals surface area contributed by atoms with Crippen LogP contribution in [0.3, 0.4) is 0 Å². The second-order valence-electron chi connectivity index (χ2n) is 7.92. The highest BCUT2D eigenvalue weighted by Crippen LogP contribution is 2.48. The zero-order chi connectivity index (χ0) is 27.1. The Morgan fingerprint density at radius 3 is 2.46 bits per heavy atom. The van der Waals surface area contributed by atoms with Crippen LogP contribution in [0.15, 0.2) is 71.1 Å². The fourth-order valence-electron chi connectivity index (χ4n) is 3.46. The first kappa shape index (κ1) is 27.1. The molecule has 1 aromatic heterocycles. The van der Waals surface area contributed by atoms with Crippen molar-refractivity contribution in [1.29, 1.82) is 0 Å². The largest absolute Gasteiger partial charge is 0.481 e. The molecular formula is C25H22F4N6O2. The van der Waals surface area contributed by atoms with E-state index in [-0.39, 0.29) is 12.2 Å². The van der Waals surface area contributed by atoms with Gasteiger partial charge in [0.25, 0.3) is 0 Å². The number of nitrogens with two attached hydrogens (primary N) is 2. The van der Waals surface area contributed by atoms with E-state index in [4.69, 9.17) is 16.4 Å². The van der Waals surface area contributed by atoms with Gasteiger partial charge in [-0.25, -0.2) is 14.6 Å². The highest BCUT2D eigenvalue weighted by Gasteiger charge is 2.61. The molecular weight excluding hydrogens is 492 g/mol. The van der Waals surface area contributed by atoms with Crippen LogP contribution in [-0.4, -0.2) is 29.5 Å². The first-order chi connectivity index (χ1) is 17.6. The van der Waals surface area contributed by atoms with Gasteiger partial charge in [-0.05, 0) is 42.4 Å². The molecule has 0 aliphatic rings. The van der Waals surface area contributed by atoms with Gasteiger partial charge >= 0.3 is 5.92 Å². The molecule has 1 heterocycles. The summed E-state index contributed by atoms with van der Waals surface area (Å²) in [5, 5.41) is 6.23. The van der Waals surface area contributed by atoms with Gasteiger partial charge in [-0.2, -0.15) is 13.9 Å². The molecule has 4 N–H and O–H groups in total. The van der Waals surface area contributed by atoms with Crippen molar-refractivity contribution in [2.45, 2.75) is 18.4 Å². The van der Waals surface area contributed by atoms with E-state index >= 15 is 8.78 Å². The van der Waals surface area contributed by atoms with Gasteiger partial charge in [0.15, 0.2) is 0 Å². The molecule has 192 valence electrons. The minimum absolute atomic E-state index is 0.0397. The second-order valence-corrected chi connectivity index (χ2v) is 7.92. The van der Waals surface area contributed by atoms with Gasteiger partial charge in [-0.15, -0.1) is 4.91 Å². The normalized spacial score (nSPS) is 12.9. The van der Waals surface area contributed by atoms with Crippen molar-refractivity contribution in [3.63, 3.8) is 0 Å². The van der Waals surface area contributed by atoms with Gasteiger partial charge in [0.2, 0.25) is 5.54 Å². The summed E-state index contributed by atoms with van der Waals surface area (Å²) in [5.41, 5.74) is -3.63. The lowest BCUT2D eigenvalue weighted by Gasteiger charge is -2.36. The molecule has 8 nitrogen and oxygen atoms in total. The van der Waals surface area contributed by atoms with Crippen molar-refractivity contribution in [2.24, 2.45) is 22.0 Å². The lowest BCUT2D eigenvalue weighted by Crippen LogP contribution is -2.52. The number of hydrogen-bond donors (Lipinski definition) is 2. The molecule has 0 bridgehead atoms. The summed E-state index contributed by atoms with van der Waals surface area (Å²) in [7, 11) is 0. The van der Waals surface area contributed by atoms with E-state index in [0.29, 0.717) is 22.9 Å². The predicted molar refractivity (Wildman–Crippen MR) is 129 cm³/mol. The van der Waals surface area contributed by atoms with Gasteiger partial charge in [-0.3, -0.25) is 9.99 Å². The number of hydrazine groups is 1. The van der Waals surface area contributed by atoms with Gasteiger partial charge in [-0.1, -0.05) is 35.6 Å². The molecule has 0 aliphatic carbocycles. The van der Waals surface area contributed by atoms with E-state index in [1.165, 1.54) is 6.07 Å². The maximum Gasteiger partial charge on any atom is 0.323 e. The monoisotopic (exact) mass is 514 g/mol. The Balaban J connectivity index is 1.91. The fraction of sp³-hybridized carbons (Fsp3) is 0.200. The number of nitrogens with zero attached hydrogens (tertiary/aromatic N) is 4. The summed E-state index contributed by atoms with van der Waals surface area (Å²) in [5.74, 6) is 10.0. The Labute approximate surface area is 209 Å². The molecule has 0 amide bonds. The van der Waals surface area contributed by atoms with Crippen LogP contribution >= 0.6 is 0 Å². The molecule has 0 fully saturated rings. The van der Waals surface area contributed by atoms with Crippen LogP contribution in [0.25, 0.3) is 0 Å². The summed E-state index contributed by atoms with van der Waals surface area (Å²) < 4.78 is 65.4. The lowest BCUT2D eigenvalue weighted by molar-refractivity contribution is -0.0958. The topological polar surface area (TPSA) is 119 Å². The minimum Gasteiger partial charge on any atom is -0.481 e. The maximum atomic E-state index is 15.9. The molecule has 2 aromatic carbocycles. The van der Waals surface area contributed by atoms with E-state index in [1.54, 1.807) is 12.1 Å². The zero-order valence-corrected chi connectivity index (χ0v) is 19.5. The molecule has 1 atom stereocenters. The number of ether oxygens (including phenoxy) is 1. The third-order valence-electron chi connectivity index (χ3n) is 5.33. The number of halogens is 4. The average molecular weight is 514 g/mol. The number of hydrogen-bond acceptors (Lipinski definition) is 7. The van der Waals surface area contributed by atoms with Crippen molar-refractivity contribution in [3.8, 4) is 17.6 Å². The van der Waals surface area contributed by atoms with Crippen molar-refractivity contribution in [3.05, 3.63) is 99.7 Å². The number of aromatic nitrogens is 1. The van der Waals surface area contributed by atoms with Crippen molar-refractivity contribution >= 4 is 6.34 Å². The highest BCUT2D eigenvalue weighted by atomic mass is 19.3. The summed E-state index contributed by atoms with van der Waals surface area (Å²) >= 11 is 0. The Hall–Kier alpha value is -4.50. The molecule has 1 unspecified atom stereocenters. The Bertz CT molecular complexity index is 1320. The molecule has 0 spiro atoms. The summed E-state index contributed by atoms with van der Waals surface area (Å²) in [6, 6.07) is 11.3. The fourth-order valence-corrected chi connectivity index (χ4v) is 3.46. The Kier molecular flexibility index (Phi) is 8.41. The molecule has 12 heteroatoms. The molecule has 3 aromatic rings. The van der Waals surface area contributed by atoms with Gasteiger partial charge < -0.3 is 10.6 Å². The van der Waals surface area contributed by atoms with Crippen molar-refractivity contribution < 1.29 is 22.3 Å². The minimum atomic E-state index is -4.21.